The lowest BCUT2D eigenvalue weighted by atomic mass is 9.83. The Bertz CT molecular complexity index is 4140. The first-order chi connectivity index (χ1) is 32.2. The van der Waals surface area contributed by atoms with Gasteiger partial charge in [0, 0.05) is 16.5 Å². The highest BCUT2D eigenvalue weighted by Crippen LogP contribution is 2.47. The van der Waals surface area contributed by atoms with Crippen LogP contribution in [-0.2, 0) is 0 Å². The van der Waals surface area contributed by atoms with Crippen LogP contribution in [0.3, 0.4) is 0 Å². The average Bonchev–Trinajstić information content (AvgIpc) is 3.72. The van der Waals surface area contributed by atoms with Crippen LogP contribution < -0.4 is 0 Å². The van der Waals surface area contributed by atoms with E-state index < -0.39 is 0 Å². The Hall–Kier alpha value is -8.52. The largest absolute Gasteiger partial charge is 0.309 e. The molecule has 0 atom stereocenters. The van der Waals surface area contributed by atoms with Crippen LogP contribution in [0, 0.1) is 0 Å². The van der Waals surface area contributed by atoms with E-state index >= 15 is 0 Å². The fraction of sp³-hybridized carbons (Fsp3) is 0. The van der Waals surface area contributed by atoms with Gasteiger partial charge in [0.15, 0.2) is 0 Å². The first-order valence-electron chi connectivity index (χ1n) is 22.6. The molecule has 0 saturated carbocycles. The van der Waals surface area contributed by atoms with Gasteiger partial charge >= 0.3 is 0 Å². The molecule has 0 fully saturated rings. The minimum Gasteiger partial charge on any atom is -0.309 e. The highest BCUT2D eigenvalue weighted by molar-refractivity contribution is 6.29. The molecule has 65 heavy (non-hydrogen) atoms. The van der Waals surface area contributed by atoms with Crippen molar-refractivity contribution in [3.63, 3.8) is 0 Å². The molecule has 300 valence electrons. The van der Waals surface area contributed by atoms with E-state index in [0.717, 1.165) is 5.69 Å². The van der Waals surface area contributed by atoms with Crippen molar-refractivity contribution in [2.75, 3.05) is 0 Å². The van der Waals surface area contributed by atoms with Crippen LogP contribution in [0.2, 0.25) is 0 Å². The molecule has 0 saturated heterocycles. The molecule has 0 amide bonds. The molecule has 0 spiro atoms. The smallest absolute Gasteiger partial charge is 0.0547 e. The number of nitrogens with zero attached hydrogens (tertiary/aromatic N) is 1. The van der Waals surface area contributed by atoms with E-state index in [0.29, 0.717) is 0 Å². The van der Waals surface area contributed by atoms with E-state index in [-0.39, 0.29) is 0 Å². The molecule has 0 aliphatic rings. The Morgan fingerprint density at radius 3 is 1.28 bits per heavy atom. The molecule has 1 nitrogen and oxygen atoms in total. The normalized spacial score (nSPS) is 12.0. The summed E-state index contributed by atoms with van der Waals surface area (Å²) in [5.74, 6) is 0. The lowest BCUT2D eigenvalue weighted by Crippen LogP contribution is -1.94. The second-order valence-electron chi connectivity index (χ2n) is 17.6. The lowest BCUT2D eigenvalue weighted by molar-refractivity contribution is 1.19. The number of aromatic nitrogens is 1. The molecule has 1 heterocycles. The molecule has 0 radical (unpaired) electrons. The number of hydrogen-bond acceptors (Lipinski definition) is 0. The molecule has 0 aliphatic carbocycles. The molecular formula is C64H39N. The summed E-state index contributed by atoms with van der Waals surface area (Å²) in [4.78, 5) is 0. The zero-order valence-electron chi connectivity index (χ0n) is 35.5. The molecule has 0 aliphatic heterocycles. The van der Waals surface area contributed by atoms with Crippen molar-refractivity contribution in [1.29, 1.82) is 0 Å². The molecule has 1 aromatic heterocycles. The second-order valence-corrected chi connectivity index (χ2v) is 17.6. The van der Waals surface area contributed by atoms with Gasteiger partial charge in [-0.15, -0.1) is 0 Å². The van der Waals surface area contributed by atoms with E-state index in [4.69, 9.17) is 0 Å². The minimum atomic E-state index is 1.16. The fourth-order valence-electron chi connectivity index (χ4n) is 11.2. The Morgan fingerprint density at radius 2 is 0.646 bits per heavy atom. The van der Waals surface area contributed by atoms with Crippen molar-refractivity contribution in [2.24, 2.45) is 0 Å². The van der Waals surface area contributed by atoms with Gasteiger partial charge in [-0.25, -0.2) is 0 Å². The molecule has 0 bridgehead atoms. The summed E-state index contributed by atoms with van der Waals surface area (Å²) in [6, 6.07) is 88.0. The Kier molecular flexibility index (Phi) is 7.75. The van der Waals surface area contributed by atoms with Crippen LogP contribution in [-0.4, -0.2) is 4.57 Å². The SMILES string of the molecule is c1ccc(-c2c3ccccc3c(-c3ccc4cc(-n5c6ccc7ccccc7c6c6c7ccccc7ccc65)ccc4c3)c3ccc(-c4c5ccccc5cc5ccccc45)cc23)cc1. The number of fused-ring (bicyclic) bond motifs is 12. The predicted molar refractivity (Wildman–Crippen MR) is 280 cm³/mol. The third-order valence-corrected chi connectivity index (χ3v) is 14.1. The minimum absolute atomic E-state index is 1.16. The van der Waals surface area contributed by atoms with Gasteiger partial charge in [-0.3, -0.25) is 0 Å². The third-order valence-electron chi connectivity index (χ3n) is 14.1. The maximum absolute atomic E-state index is 2.47. The summed E-state index contributed by atoms with van der Waals surface area (Å²) in [5, 5.41) is 20.2. The molecule has 1 heteroatoms. The predicted octanol–water partition coefficient (Wildman–Crippen LogP) is 17.9. The summed E-state index contributed by atoms with van der Waals surface area (Å²) < 4.78 is 2.47. The number of hydrogen-bond donors (Lipinski definition) is 0. The molecule has 14 aromatic rings. The molecular weight excluding hydrogens is 783 g/mol. The maximum Gasteiger partial charge on any atom is 0.0547 e. The van der Waals surface area contributed by atoms with Gasteiger partial charge < -0.3 is 4.57 Å². The van der Waals surface area contributed by atoms with Crippen molar-refractivity contribution < 1.29 is 0 Å². The Morgan fingerprint density at radius 1 is 0.215 bits per heavy atom. The van der Waals surface area contributed by atoms with Crippen LogP contribution in [0.5, 0.6) is 0 Å². The van der Waals surface area contributed by atoms with Crippen molar-refractivity contribution in [3.05, 3.63) is 237 Å². The van der Waals surface area contributed by atoms with Crippen molar-refractivity contribution in [1.82, 2.24) is 4.57 Å². The van der Waals surface area contributed by atoms with Gasteiger partial charge in [0.2, 0.25) is 0 Å². The molecule has 0 N–H and O–H groups in total. The number of rotatable bonds is 4. The standard InChI is InChI=1S/C64H39N/c1-2-16-42(17-3-1)60-54-24-12-13-25-55(54)62(56-33-29-48(39-57(56)60)61-52-22-10-6-18-45(52)37-46-19-7-11-23-53(46)61)47-27-26-44-38-49(32-28-43(44)36-47)65-58-34-30-40-14-4-8-20-50(40)63(58)64-51-21-9-5-15-41(51)31-35-59(64)65/h1-39H. The van der Waals surface area contributed by atoms with E-state index in [1.54, 1.807) is 0 Å². The van der Waals surface area contributed by atoms with E-state index in [1.165, 1.54) is 131 Å². The van der Waals surface area contributed by atoms with Gasteiger partial charge in [0.05, 0.1) is 11.0 Å². The van der Waals surface area contributed by atoms with Gasteiger partial charge in [-0.2, -0.15) is 0 Å². The first-order valence-corrected chi connectivity index (χ1v) is 22.6. The second kappa shape index (κ2) is 14.0. The quantitative estimate of drug-likeness (QED) is 0.156. The maximum atomic E-state index is 2.47. The van der Waals surface area contributed by atoms with Crippen LogP contribution in [0.4, 0.5) is 0 Å². The van der Waals surface area contributed by atoms with Crippen LogP contribution in [0.1, 0.15) is 0 Å². The van der Waals surface area contributed by atoms with E-state index in [9.17, 15) is 0 Å². The van der Waals surface area contributed by atoms with E-state index in [1.807, 2.05) is 0 Å². The van der Waals surface area contributed by atoms with Crippen LogP contribution in [0.15, 0.2) is 237 Å². The highest BCUT2D eigenvalue weighted by atomic mass is 15.0. The first kappa shape index (κ1) is 36.0. The zero-order chi connectivity index (χ0) is 42.6. The summed E-state index contributed by atoms with van der Waals surface area (Å²) in [6.45, 7) is 0. The van der Waals surface area contributed by atoms with E-state index in [2.05, 4.69) is 241 Å². The van der Waals surface area contributed by atoms with Crippen LogP contribution in [0.25, 0.3) is 136 Å². The van der Waals surface area contributed by atoms with Gasteiger partial charge in [-0.05, 0) is 151 Å². The highest BCUT2D eigenvalue weighted by Gasteiger charge is 2.21. The number of benzene rings is 13. The van der Waals surface area contributed by atoms with Crippen molar-refractivity contribution in [2.45, 2.75) is 0 Å². The molecule has 13 aromatic carbocycles. The summed E-state index contributed by atoms with van der Waals surface area (Å²) in [5.41, 5.74) is 11.1. The van der Waals surface area contributed by atoms with Crippen molar-refractivity contribution in [3.8, 4) is 39.1 Å². The van der Waals surface area contributed by atoms with Gasteiger partial charge in [0.1, 0.15) is 0 Å². The van der Waals surface area contributed by atoms with Crippen molar-refractivity contribution >= 4 is 97.2 Å². The van der Waals surface area contributed by atoms with Crippen LogP contribution >= 0.6 is 0 Å². The summed E-state index contributed by atoms with van der Waals surface area (Å²) in [6.07, 6.45) is 0. The van der Waals surface area contributed by atoms with Gasteiger partial charge in [-0.1, -0.05) is 194 Å². The van der Waals surface area contributed by atoms with Gasteiger partial charge in [0.25, 0.3) is 0 Å². The summed E-state index contributed by atoms with van der Waals surface area (Å²) >= 11 is 0. The average molecular weight is 822 g/mol. The summed E-state index contributed by atoms with van der Waals surface area (Å²) in [7, 11) is 0. The lowest BCUT2D eigenvalue weighted by Gasteiger charge is -2.20. The topological polar surface area (TPSA) is 4.93 Å². The third kappa shape index (κ3) is 5.40. The molecule has 14 rings (SSSR count). The molecule has 0 unspecified atom stereocenters. The Labute approximate surface area is 375 Å². The monoisotopic (exact) mass is 821 g/mol. The zero-order valence-corrected chi connectivity index (χ0v) is 35.5. The Balaban J connectivity index is 0.999. The fourth-order valence-corrected chi connectivity index (χ4v) is 11.2.